The van der Waals surface area contributed by atoms with Gasteiger partial charge in [-0.15, -0.1) is 0 Å². The second kappa shape index (κ2) is 5.68. The SMILES string of the molecule is Cc1[nH]nc(S(=O)(=O)N2CCN(CC3CC3)CC2)c1CN. The van der Waals surface area contributed by atoms with Gasteiger partial charge in [0, 0.05) is 50.5 Å². The number of rotatable bonds is 5. The summed E-state index contributed by atoms with van der Waals surface area (Å²) in [4.78, 5) is 2.36. The van der Waals surface area contributed by atoms with Crippen LogP contribution < -0.4 is 5.73 Å². The summed E-state index contributed by atoms with van der Waals surface area (Å²) in [6.07, 6.45) is 2.65. The number of nitrogens with zero attached hydrogens (tertiary/aromatic N) is 3. The number of aromatic amines is 1. The first-order valence-corrected chi connectivity index (χ1v) is 8.92. The van der Waals surface area contributed by atoms with Crippen LogP contribution in [0.15, 0.2) is 5.03 Å². The zero-order valence-electron chi connectivity index (χ0n) is 12.4. The lowest BCUT2D eigenvalue weighted by Gasteiger charge is -2.33. The van der Waals surface area contributed by atoms with Crippen molar-refractivity contribution in [1.82, 2.24) is 19.4 Å². The summed E-state index contributed by atoms with van der Waals surface area (Å²) in [7, 11) is -3.54. The van der Waals surface area contributed by atoms with Gasteiger partial charge in [0.25, 0.3) is 10.0 Å². The van der Waals surface area contributed by atoms with Crippen molar-refractivity contribution in [1.29, 1.82) is 0 Å². The zero-order valence-corrected chi connectivity index (χ0v) is 13.2. The molecule has 1 aliphatic heterocycles. The summed E-state index contributed by atoms with van der Waals surface area (Å²) < 4.78 is 26.9. The molecule has 2 fully saturated rings. The molecule has 0 spiro atoms. The van der Waals surface area contributed by atoms with Crippen LogP contribution in [-0.2, 0) is 16.6 Å². The van der Waals surface area contributed by atoms with Gasteiger partial charge in [-0.3, -0.25) is 5.10 Å². The van der Waals surface area contributed by atoms with Crippen molar-refractivity contribution in [2.24, 2.45) is 11.7 Å². The number of piperazine rings is 1. The molecule has 1 aromatic rings. The standard InChI is InChI=1S/C13H23N5O2S/c1-10-12(8-14)13(16-15-10)21(19,20)18-6-4-17(5-7-18)9-11-2-3-11/h11H,2-9,14H2,1H3,(H,15,16). The molecule has 7 nitrogen and oxygen atoms in total. The number of nitrogens with two attached hydrogens (primary N) is 1. The third-order valence-electron chi connectivity index (χ3n) is 4.37. The summed E-state index contributed by atoms with van der Waals surface area (Å²) in [5, 5.41) is 6.79. The van der Waals surface area contributed by atoms with Crippen LogP contribution in [0.4, 0.5) is 0 Å². The van der Waals surface area contributed by atoms with Crippen LogP contribution in [0, 0.1) is 12.8 Å². The zero-order chi connectivity index (χ0) is 15.0. The van der Waals surface area contributed by atoms with E-state index in [2.05, 4.69) is 15.1 Å². The second-order valence-electron chi connectivity index (χ2n) is 5.98. The number of nitrogens with one attached hydrogen (secondary N) is 1. The minimum absolute atomic E-state index is 0.0955. The molecule has 118 valence electrons. The van der Waals surface area contributed by atoms with Crippen LogP contribution in [0.25, 0.3) is 0 Å². The number of sulfonamides is 1. The third kappa shape index (κ3) is 2.98. The minimum Gasteiger partial charge on any atom is -0.326 e. The monoisotopic (exact) mass is 313 g/mol. The molecule has 1 aromatic heterocycles. The Hall–Kier alpha value is -0.960. The van der Waals surface area contributed by atoms with Crippen LogP contribution >= 0.6 is 0 Å². The van der Waals surface area contributed by atoms with Gasteiger partial charge in [-0.1, -0.05) is 0 Å². The molecule has 0 amide bonds. The second-order valence-corrected chi connectivity index (χ2v) is 7.84. The molecular formula is C13H23N5O2S. The molecule has 8 heteroatoms. The highest BCUT2D eigenvalue weighted by atomic mass is 32.2. The van der Waals surface area contributed by atoms with Crippen LogP contribution in [-0.4, -0.2) is 60.5 Å². The Labute approximate surface area is 125 Å². The molecule has 2 heterocycles. The van der Waals surface area contributed by atoms with E-state index < -0.39 is 10.0 Å². The maximum Gasteiger partial charge on any atom is 0.262 e. The van der Waals surface area contributed by atoms with Gasteiger partial charge in [0.1, 0.15) is 0 Å². The van der Waals surface area contributed by atoms with Gasteiger partial charge in [-0.25, -0.2) is 8.42 Å². The summed E-state index contributed by atoms with van der Waals surface area (Å²) in [6, 6.07) is 0. The van der Waals surface area contributed by atoms with E-state index in [-0.39, 0.29) is 11.6 Å². The molecule has 0 aromatic carbocycles. The Balaban J connectivity index is 1.70. The average Bonchev–Trinajstić information content (AvgIpc) is 3.19. The average molecular weight is 313 g/mol. The van der Waals surface area contributed by atoms with Crippen LogP contribution in [0.3, 0.4) is 0 Å². The highest BCUT2D eigenvalue weighted by molar-refractivity contribution is 7.89. The lowest BCUT2D eigenvalue weighted by molar-refractivity contribution is 0.182. The predicted molar refractivity (Wildman–Crippen MR) is 79.1 cm³/mol. The van der Waals surface area contributed by atoms with E-state index in [4.69, 9.17) is 5.73 Å². The topological polar surface area (TPSA) is 95.3 Å². The minimum atomic E-state index is -3.54. The van der Waals surface area contributed by atoms with Gasteiger partial charge in [-0.2, -0.15) is 9.40 Å². The third-order valence-corrected chi connectivity index (χ3v) is 6.24. The summed E-state index contributed by atoms with van der Waals surface area (Å²) in [5.41, 5.74) is 6.97. The molecule has 0 bridgehead atoms. The molecule has 0 unspecified atom stereocenters. The maximum atomic E-state index is 12.7. The number of hydrogen-bond acceptors (Lipinski definition) is 5. The van der Waals surface area contributed by atoms with Gasteiger partial charge in [0.15, 0.2) is 5.03 Å². The van der Waals surface area contributed by atoms with Gasteiger partial charge in [-0.05, 0) is 25.7 Å². The first-order valence-electron chi connectivity index (χ1n) is 7.48. The molecule has 1 saturated carbocycles. The van der Waals surface area contributed by atoms with Crippen LogP contribution in [0.2, 0.25) is 0 Å². The maximum absolute atomic E-state index is 12.7. The van der Waals surface area contributed by atoms with Gasteiger partial charge >= 0.3 is 0 Å². The molecule has 3 N–H and O–H groups in total. The molecule has 0 radical (unpaired) electrons. The first-order chi connectivity index (χ1) is 10.0. The number of aryl methyl sites for hydroxylation is 1. The fraction of sp³-hybridized carbons (Fsp3) is 0.769. The van der Waals surface area contributed by atoms with Crippen molar-refractivity contribution in [3.63, 3.8) is 0 Å². The van der Waals surface area contributed by atoms with Crippen molar-refractivity contribution in [3.05, 3.63) is 11.3 Å². The van der Waals surface area contributed by atoms with Gasteiger partial charge < -0.3 is 10.6 Å². The van der Waals surface area contributed by atoms with E-state index in [9.17, 15) is 8.42 Å². The highest BCUT2D eigenvalue weighted by Gasteiger charge is 2.34. The fourth-order valence-corrected chi connectivity index (χ4v) is 4.42. The number of aromatic nitrogens is 2. The Morgan fingerprint density at radius 3 is 2.52 bits per heavy atom. The molecule has 3 rings (SSSR count). The number of H-pyrrole nitrogens is 1. The molecule has 0 atom stereocenters. The van der Waals surface area contributed by atoms with Gasteiger partial charge in [0.05, 0.1) is 0 Å². The Bertz CT molecular complexity index is 600. The quantitative estimate of drug-likeness (QED) is 0.791. The van der Waals surface area contributed by atoms with Crippen molar-refractivity contribution in [2.45, 2.75) is 31.3 Å². The fourth-order valence-electron chi connectivity index (χ4n) is 2.82. The Kier molecular flexibility index (Phi) is 4.04. The smallest absolute Gasteiger partial charge is 0.262 e. The Morgan fingerprint density at radius 2 is 1.95 bits per heavy atom. The molecule has 1 aliphatic carbocycles. The van der Waals surface area contributed by atoms with Crippen molar-refractivity contribution in [2.75, 3.05) is 32.7 Å². The number of hydrogen-bond donors (Lipinski definition) is 2. The summed E-state index contributed by atoms with van der Waals surface area (Å²) in [6.45, 7) is 5.76. The largest absolute Gasteiger partial charge is 0.326 e. The Morgan fingerprint density at radius 1 is 1.29 bits per heavy atom. The lowest BCUT2D eigenvalue weighted by Crippen LogP contribution is -2.49. The van der Waals surface area contributed by atoms with Crippen LogP contribution in [0.1, 0.15) is 24.1 Å². The molecule has 21 heavy (non-hydrogen) atoms. The van der Waals surface area contributed by atoms with E-state index in [1.807, 2.05) is 0 Å². The highest BCUT2D eigenvalue weighted by Crippen LogP contribution is 2.30. The van der Waals surface area contributed by atoms with Crippen molar-refractivity contribution < 1.29 is 8.42 Å². The van der Waals surface area contributed by atoms with Crippen LogP contribution in [0.5, 0.6) is 0 Å². The van der Waals surface area contributed by atoms with Crippen molar-refractivity contribution >= 4 is 10.0 Å². The van der Waals surface area contributed by atoms with Crippen molar-refractivity contribution in [3.8, 4) is 0 Å². The summed E-state index contributed by atoms with van der Waals surface area (Å²) >= 11 is 0. The van der Waals surface area contributed by atoms with E-state index in [1.54, 1.807) is 6.92 Å². The summed E-state index contributed by atoms with van der Waals surface area (Å²) in [5.74, 6) is 0.839. The van der Waals surface area contributed by atoms with E-state index in [1.165, 1.54) is 17.1 Å². The van der Waals surface area contributed by atoms with E-state index >= 15 is 0 Å². The molecule has 1 saturated heterocycles. The van der Waals surface area contributed by atoms with E-state index in [0.717, 1.165) is 31.2 Å². The first kappa shape index (κ1) is 15.0. The van der Waals surface area contributed by atoms with E-state index in [0.29, 0.717) is 18.7 Å². The molecule has 2 aliphatic rings. The predicted octanol–water partition coefficient (Wildman–Crippen LogP) is -0.107. The normalized spacial score (nSPS) is 21.8. The lowest BCUT2D eigenvalue weighted by atomic mass is 10.3. The van der Waals surface area contributed by atoms with Gasteiger partial charge in [0.2, 0.25) is 0 Å². The molecular weight excluding hydrogens is 290 g/mol.